The molecule has 0 saturated carbocycles. The quantitative estimate of drug-likeness (QED) is 0.790. The Morgan fingerprint density at radius 2 is 1.61 bits per heavy atom. The van der Waals surface area contributed by atoms with E-state index in [2.05, 4.69) is 86.3 Å². The lowest BCUT2D eigenvalue weighted by molar-refractivity contribution is 0.0992. The molecule has 2 aromatic rings. The summed E-state index contributed by atoms with van der Waals surface area (Å²) in [5, 5.41) is 12.8. The molecule has 0 radical (unpaired) electrons. The molecular formula is C24H33NO2Si. The maximum absolute atomic E-state index is 10.2. The summed E-state index contributed by atoms with van der Waals surface area (Å²) in [6.07, 6.45) is 3.38. The van der Waals surface area contributed by atoms with Gasteiger partial charge >= 0.3 is 0 Å². The van der Waals surface area contributed by atoms with E-state index in [9.17, 15) is 5.11 Å². The standard InChI is InChI=1S/C24H33NO2Si/c1-23(2,3)28(21-11-6-4-7-12-21,22-13-8-5-9-14-22)27-20-17-24(19-26)15-10-16-25(24)18-20/h4-9,11-14,20,26H,10,15-19H2,1-3H3/t20-,24-/m0/s1. The summed E-state index contributed by atoms with van der Waals surface area (Å²) in [6, 6.07) is 21.7. The predicted molar refractivity (Wildman–Crippen MR) is 118 cm³/mol. The summed E-state index contributed by atoms with van der Waals surface area (Å²) >= 11 is 0. The molecule has 2 atom stereocenters. The second-order valence-corrected chi connectivity index (χ2v) is 13.8. The van der Waals surface area contributed by atoms with Crippen LogP contribution in [0.2, 0.25) is 5.04 Å². The molecule has 2 heterocycles. The van der Waals surface area contributed by atoms with Crippen molar-refractivity contribution in [3.8, 4) is 0 Å². The molecule has 28 heavy (non-hydrogen) atoms. The highest BCUT2D eigenvalue weighted by Crippen LogP contribution is 2.43. The van der Waals surface area contributed by atoms with Crippen molar-refractivity contribution in [2.24, 2.45) is 0 Å². The molecule has 2 aliphatic rings. The molecule has 2 aliphatic heterocycles. The maximum atomic E-state index is 10.2. The van der Waals surface area contributed by atoms with E-state index in [-0.39, 0.29) is 23.3 Å². The van der Waals surface area contributed by atoms with Crippen LogP contribution in [0, 0.1) is 0 Å². The van der Waals surface area contributed by atoms with Gasteiger partial charge in [-0.3, -0.25) is 4.90 Å². The Bertz CT molecular complexity index is 750. The first-order chi connectivity index (χ1) is 13.4. The van der Waals surface area contributed by atoms with E-state index in [0.717, 1.165) is 25.9 Å². The van der Waals surface area contributed by atoms with Gasteiger partial charge in [0, 0.05) is 12.1 Å². The van der Waals surface area contributed by atoms with E-state index in [1.165, 1.54) is 16.8 Å². The largest absolute Gasteiger partial charge is 0.403 e. The number of aliphatic hydroxyl groups is 1. The maximum Gasteiger partial charge on any atom is 0.261 e. The summed E-state index contributed by atoms with van der Waals surface area (Å²) in [4.78, 5) is 2.48. The van der Waals surface area contributed by atoms with Gasteiger partial charge in [-0.2, -0.15) is 0 Å². The third kappa shape index (κ3) is 3.16. The van der Waals surface area contributed by atoms with Crippen LogP contribution >= 0.6 is 0 Å². The molecule has 3 nitrogen and oxygen atoms in total. The molecule has 0 bridgehead atoms. The average Bonchev–Trinajstić information content (AvgIpc) is 3.23. The molecule has 4 heteroatoms. The van der Waals surface area contributed by atoms with Crippen LogP contribution < -0.4 is 10.4 Å². The van der Waals surface area contributed by atoms with Gasteiger partial charge in [-0.1, -0.05) is 81.4 Å². The van der Waals surface area contributed by atoms with Gasteiger partial charge < -0.3 is 9.53 Å². The van der Waals surface area contributed by atoms with Crippen molar-refractivity contribution in [2.75, 3.05) is 19.7 Å². The third-order valence-electron chi connectivity index (χ3n) is 6.83. The first kappa shape index (κ1) is 19.8. The Balaban J connectivity index is 1.78. The van der Waals surface area contributed by atoms with Crippen LogP contribution in [-0.4, -0.2) is 49.7 Å². The van der Waals surface area contributed by atoms with Crippen molar-refractivity contribution in [3.05, 3.63) is 60.7 Å². The number of nitrogens with zero attached hydrogens (tertiary/aromatic N) is 1. The molecule has 1 N–H and O–H groups in total. The summed E-state index contributed by atoms with van der Waals surface area (Å²) in [5.41, 5.74) is -0.0595. The summed E-state index contributed by atoms with van der Waals surface area (Å²) in [5.74, 6) is 0. The van der Waals surface area contributed by atoms with Crippen molar-refractivity contribution >= 4 is 18.7 Å². The van der Waals surface area contributed by atoms with Crippen LogP contribution in [0.3, 0.4) is 0 Å². The highest BCUT2D eigenvalue weighted by molar-refractivity contribution is 6.99. The van der Waals surface area contributed by atoms with Crippen molar-refractivity contribution in [3.63, 3.8) is 0 Å². The molecule has 0 aromatic heterocycles. The highest BCUT2D eigenvalue weighted by atomic mass is 28.4. The molecule has 0 amide bonds. The zero-order valence-electron chi connectivity index (χ0n) is 17.4. The SMILES string of the molecule is CC(C)(C)[Si](O[C@@H]1CN2CCC[C@@]2(CO)C1)(c1ccccc1)c1ccccc1. The van der Waals surface area contributed by atoms with Gasteiger partial charge in [0.1, 0.15) is 0 Å². The molecule has 4 rings (SSSR count). The minimum atomic E-state index is -2.52. The summed E-state index contributed by atoms with van der Waals surface area (Å²) in [7, 11) is -2.52. The van der Waals surface area contributed by atoms with Crippen molar-refractivity contribution in [2.45, 2.75) is 56.7 Å². The summed E-state index contributed by atoms with van der Waals surface area (Å²) < 4.78 is 7.28. The minimum Gasteiger partial charge on any atom is -0.403 e. The second kappa shape index (κ2) is 7.41. The smallest absolute Gasteiger partial charge is 0.261 e. The topological polar surface area (TPSA) is 32.7 Å². The number of benzene rings is 2. The van der Waals surface area contributed by atoms with Gasteiger partial charge in [-0.25, -0.2) is 0 Å². The van der Waals surface area contributed by atoms with Crippen molar-refractivity contribution < 1.29 is 9.53 Å². The van der Waals surface area contributed by atoms with Crippen LogP contribution in [0.5, 0.6) is 0 Å². The van der Waals surface area contributed by atoms with E-state index >= 15 is 0 Å². The molecular weight excluding hydrogens is 362 g/mol. The van der Waals surface area contributed by atoms with Gasteiger partial charge in [-0.15, -0.1) is 0 Å². The van der Waals surface area contributed by atoms with E-state index in [4.69, 9.17) is 4.43 Å². The Kier molecular flexibility index (Phi) is 5.25. The van der Waals surface area contributed by atoms with E-state index < -0.39 is 8.32 Å². The Morgan fingerprint density at radius 3 is 2.07 bits per heavy atom. The van der Waals surface area contributed by atoms with E-state index in [1.54, 1.807) is 0 Å². The van der Waals surface area contributed by atoms with E-state index in [0.29, 0.717) is 0 Å². The van der Waals surface area contributed by atoms with Gasteiger partial charge in [-0.05, 0) is 41.2 Å². The van der Waals surface area contributed by atoms with E-state index in [1.807, 2.05) is 0 Å². The fourth-order valence-corrected chi connectivity index (χ4v) is 10.2. The molecule has 2 saturated heterocycles. The fraction of sp³-hybridized carbons (Fsp3) is 0.500. The first-order valence-corrected chi connectivity index (χ1v) is 12.5. The molecule has 150 valence electrons. The minimum absolute atomic E-state index is 0.00484. The van der Waals surface area contributed by atoms with Gasteiger partial charge in [0.05, 0.1) is 12.7 Å². The second-order valence-electron chi connectivity index (χ2n) is 9.54. The number of hydrogen-bond acceptors (Lipinski definition) is 3. The summed E-state index contributed by atoms with van der Waals surface area (Å²) in [6.45, 7) is 9.26. The van der Waals surface area contributed by atoms with Crippen LogP contribution in [0.1, 0.15) is 40.0 Å². The van der Waals surface area contributed by atoms with Crippen LogP contribution in [0.25, 0.3) is 0 Å². The van der Waals surface area contributed by atoms with Gasteiger partial charge in [0.15, 0.2) is 0 Å². The average molecular weight is 396 g/mol. The molecule has 2 fully saturated rings. The Morgan fingerprint density at radius 1 is 1.04 bits per heavy atom. The lowest BCUT2D eigenvalue weighted by atomic mass is 9.95. The number of fused-ring (bicyclic) bond motifs is 1. The number of aliphatic hydroxyl groups excluding tert-OH is 1. The Hall–Kier alpha value is -1.46. The lowest BCUT2D eigenvalue weighted by Crippen LogP contribution is -2.67. The van der Waals surface area contributed by atoms with Gasteiger partial charge in [0.25, 0.3) is 8.32 Å². The van der Waals surface area contributed by atoms with Gasteiger partial charge in [0.2, 0.25) is 0 Å². The first-order valence-electron chi connectivity index (χ1n) is 10.6. The Labute approximate surface area is 170 Å². The third-order valence-corrected chi connectivity index (χ3v) is 11.9. The number of rotatable bonds is 5. The van der Waals surface area contributed by atoms with Crippen molar-refractivity contribution in [1.82, 2.24) is 4.90 Å². The fourth-order valence-electron chi connectivity index (χ4n) is 5.51. The van der Waals surface area contributed by atoms with Crippen LogP contribution in [0.4, 0.5) is 0 Å². The van der Waals surface area contributed by atoms with Crippen molar-refractivity contribution in [1.29, 1.82) is 0 Å². The lowest BCUT2D eigenvalue weighted by Gasteiger charge is -2.44. The monoisotopic (exact) mass is 395 g/mol. The van der Waals surface area contributed by atoms with Crippen LogP contribution in [0.15, 0.2) is 60.7 Å². The molecule has 0 spiro atoms. The zero-order valence-corrected chi connectivity index (χ0v) is 18.4. The zero-order chi connectivity index (χ0) is 19.8. The normalized spacial score (nSPS) is 25.8. The molecule has 0 unspecified atom stereocenters. The highest BCUT2D eigenvalue weighted by Gasteiger charge is 2.55. The van der Waals surface area contributed by atoms with Crippen LogP contribution in [-0.2, 0) is 4.43 Å². The number of hydrogen-bond donors (Lipinski definition) is 1. The predicted octanol–water partition coefficient (Wildman–Crippen LogP) is 3.16. The molecule has 2 aromatic carbocycles. The molecule has 0 aliphatic carbocycles.